The fourth-order valence-corrected chi connectivity index (χ4v) is 2.50. The molecule has 0 N–H and O–H groups in total. The Hall–Kier alpha value is -0.0500. The van der Waals surface area contributed by atoms with Crippen LogP contribution in [0.1, 0.15) is 25.7 Å². The highest BCUT2D eigenvalue weighted by Crippen LogP contribution is 2.40. The van der Waals surface area contributed by atoms with E-state index in [0.717, 1.165) is 25.9 Å². The molecule has 0 aromatic heterocycles. The highest BCUT2D eigenvalue weighted by atomic mass is 79.9. The van der Waals surface area contributed by atoms with Crippen molar-refractivity contribution in [3.8, 4) is 0 Å². The normalized spacial score (nSPS) is 27.2. The van der Waals surface area contributed by atoms with Gasteiger partial charge in [-0.05, 0) is 12.8 Å². The summed E-state index contributed by atoms with van der Waals surface area (Å²) in [5.74, 6) is 0.329. The molecule has 0 atom stereocenters. The Morgan fingerprint density at radius 2 is 1.82 bits per heavy atom. The lowest BCUT2D eigenvalue weighted by Gasteiger charge is -2.19. The molecule has 1 heterocycles. The van der Waals surface area contributed by atoms with Crippen LogP contribution in [-0.4, -0.2) is 28.2 Å². The Balaban J connectivity index is 2.05. The minimum absolute atomic E-state index is 0.163. The van der Waals surface area contributed by atoms with Gasteiger partial charge in [0.1, 0.15) is 4.32 Å². The van der Waals surface area contributed by atoms with Gasteiger partial charge in [-0.3, -0.25) is 4.79 Å². The summed E-state index contributed by atoms with van der Waals surface area (Å²) in [6.45, 7) is 1.96. The van der Waals surface area contributed by atoms with Crippen molar-refractivity contribution in [3.05, 3.63) is 0 Å². The summed E-state index contributed by atoms with van der Waals surface area (Å²) in [7, 11) is 0. The second kappa shape index (κ2) is 2.47. The van der Waals surface area contributed by atoms with Crippen LogP contribution in [0, 0.1) is 0 Å². The van der Waals surface area contributed by atoms with Gasteiger partial charge < -0.3 is 4.90 Å². The van der Waals surface area contributed by atoms with Crippen molar-refractivity contribution < 1.29 is 4.79 Å². The molecule has 1 amide bonds. The fourth-order valence-electron chi connectivity index (χ4n) is 1.69. The molecule has 3 heteroatoms. The highest BCUT2D eigenvalue weighted by molar-refractivity contribution is 9.10. The number of halogens is 1. The maximum atomic E-state index is 11.6. The first kappa shape index (κ1) is 7.59. The Morgan fingerprint density at radius 3 is 2.27 bits per heavy atom. The van der Waals surface area contributed by atoms with E-state index < -0.39 is 0 Å². The maximum absolute atomic E-state index is 11.6. The zero-order chi connectivity index (χ0) is 7.90. The van der Waals surface area contributed by atoms with Gasteiger partial charge in [-0.25, -0.2) is 0 Å². The largest absolute Gasteiger partial charge is 0.338 e. The molecule has 0 spiro atoms. The van der Waals surface area contributed by atoms with Crippen LogP contribution in [0.5, 0.6) is 0 Å². The van der Waals surface area contributed by atoms with Crippen LogP contribution in [0.25, 0.3) is 0 Å². The quantitative estimate of drug-likeness (QED) is 0.482. The second-order valence-corrected chi connectivity index (χ2v) is 4.98. The molecule has 11 heavy (non-hydrogen) atoms. The van der Waals surface area contributed by atoms with Gasteiger partial charge in [0.2, 0.25) is 5.91 Å². The summed E-state index contributed by atoms with van der Waals surface area (Å²) in [5, 5.41) is 0. The van der Waals surface area contributed by atoms with Crippen molar-refractivity contribution in [1.29, 1.82) is 0 Å². The first-order chi connectivity index (χ1) is 5.22. The predicted octanol–water partition coefficient (Wildman–Crippen LogP) is 1.54. The standard InChI is InChI=1S/C8H12BrNO/c9-8(3-1-2-4-8)7(11)10-5-6-10/h1-6H2. The number of hydrogen-bond donors (Lipinski definition) is 0. The topological polar surface area (TPSA) is 20.1 Å². The van der Waals surface area contributed by atoms with E-state index in [9.17, 15) is 4.79 Å². The smallest absolute Gasteiger partial charge is 0.239 e. The van der Waals surface area contributed by atoms with Crippen LogP contribution in [0.15, 0.2) is 0 Å². The molecule has 0 bridgehead atoms. The van der Waals surface area contributed by atoms with E-state index in [-0.39, 0.29) is 4.32 Å². The Bertz CT molecular complexity index is 183. The van der Waals surface area contributed by atoms with E-state index in [0.29, 0.717) is 5.91 Å². The van der Waals surface area contributed by atoms with Gasteiger partial charge in [0.25, 0.3) is 0 Å². The van der Waals surface area contributed by atoms with Crippen LogP contribution in [-0.2, 0) is 4.79 Å². The average Bonchev–Trinajstić information content (AvgIpc) is 2.74. The van der Waals surface area contributed by atoms with Gasteiger partial charge in [-0.2, -0.15) is 0 Å². The number of alkyl halides is 1. The van der Waals surface area contributed by atoms with E-state index in [1.54, 1.807) is 0 Å². The lowest BCUT2D eigenvalue weighted by atomic mass is 10.1. The summed E-state index contributed by atoms with van der Waals surface area (Å²) in [6, 6.07) is 0. The van der Waals surface area contributed by atoms with Crippen LogP contribution >= 0.6 is 15.9 Å². The van der Waals surface area contributed by atoms with Crippen molar-refractivity contribution in [2.24, 2.45) is 0 Å². The van der Waals surface area contributed by atoms with Crippen molar-refractivity contribution in [1.82, 2.24) is 4.90 Å². The lowest BCUT2D eigenvalue weighted by Crippen LogP contribution is -2.34. The van der Waals surface area contributed by atoms with Gasteiger partial charge in [0.15, 0.2) is 0 Å². The van der Waals surface area contributed by atoms with E-state index in [4.69, 9.17) is 0 Å². The van der Waals surface area contributed by atoms with Crippen LogP contribution in [0.4, 0.5) is 0 Å². The van der Waals surface area contributed by atoms with Gasteiger partial charge in [0.05, 0.1) is 0 Å². The van der Waals surface area contributed by atoms with Crippen LogP contribution in [0.3, 0.4) is 0 Å². The predicted molar refractivity (Wildman–Crippen MR) is 46.7 cm³/mol. The molecule has 2 nitrogen and oxygen atoms in total. The van der Waals surface area contributed by atoms with E-state index in [1.165, 1.54) is 12.8 Å². The molecule has 2 fully saturated rings. The molecule has 0 radical (unpaired) electrons. The number of carbonyl (C=O) groups excluding carboxylic acids is 1. The molecule has 0 aromatic carbocycles. The summed E-state index contributed by atoms with van der Waals surface area (Å²) in [5.41, 5.74) is 0. The Kier molecular flexibility index (Phi) is 1.71. The molecule has 1 aliphatic heterocycles. The summed E-state index contributed by atoms with van der Waals surface area (Å²) in [6.07, 6.45) is 4.46. The first-order valence-corrected chi connectivity index (χ1v) is 5.00. The minimum Gasteiger partial charge on any atom is -0.338 e. The zero-order valence-corrected chi connectivity index (χ0v) is 8.06. The third-order valence-corrected chi connectivity index (χ3v) is 3.65. The lowest BCUT2D eigenvalue weighted by molar-refractivity contribution is -0.127. The number of amides is 1. The molecule has 0 unspecified atom stereocenters. The van der Waals surface area contributed by atoms with E-state index >= 15 is 0 Å². The van der Waals surface area contributed by atoms with E-state index in [1.807, 2.05) is 4.90 Å². The molecular formula is C8H12BrNO. The minimum atomic E-state index is -0.163. The average molecular weight is 218 g/mol. The number of rotatable bonds is 1. The zero-order valence-electron chi connectivity index (χ0n) is 6.48. The number of hydrogen-bond acceptors (Lipinski definition) is 1. The molecule has 62 valence electrons. The molecule has 1 aliphatic carbocycles. The summed E-state index contributed by atoms with van der Waals surface area (Å²) >= 11 is 3.56. The SMILES string of the molecule is O=C(N1CC1)C1(Br)CCCC1. The van der Waals surface area contributed by atoms with Crippen LogP contribution < -0.4 is 0 Å². The molecule has 2 aliphatic rings. The van der Waals surface area contributed by atoms with Crippen molar-refractivity contribution >= 4 is 21.8 Å². The van der Waals surface area contributed by atoms with Gasteiger partial charge >= 0.3 is 0 Å². The third kappa shape index (κ3) is 1.31. The Labute approximate surface area is 75.1 Å². The third-order valence-electron chi connectivity index (χ3n) is 2.51. The fraction of sp³-hybridized carbons (Fsp3) is 0.875. The molecule has 1 saturated heterocycles. The van der Waals surface area contributed by atoms with Crippen molar-refractivity contribution in [3.63, 3.8) is 0 Å². The van der Waals surface area contributed by atoms with E-state index in [2.05, 4.69) is 15.9 Å². The van der Waals surface area contributed by atoms with Gasteiger partial charge in [0, 0.05) is 13.1 Å². The van der Waals surface area contributed by atoms with Gasteiger partial charge in [-0.15, -0.1) is 0 Å². The number of carbonyl (C=O) groups is 1. The number of nitrogens with zero attached hydrogens (tertiary/aromatic N) is 1. The monoisotopic (exact) mass is 217 g/mol. The molecular weight excluding hydrogens is 206 g/mol. The highest BCUT2D eigenvalue weighted by Gasteiger charge is 2.43. The Morgan fingerprint density at radius 1 is 1.27 bits per heavy atom. The maximum Gasteiger partial charge on any atom is 0.239 e. The second-order valence-electron chi connectivity index (χ2n) is 3.46. The molecule has 2 rings (SSSR count). The van der Waals surface area contributed by atoms with Crippen molar-refractivity contribution in [2.75, 3.05) is 13.1 Å². The van der Waals surface area contributed by atoms with Gasteiger partial charge in [-0.1, -0.05) is 28.8 Å². The van der Waals surface area contributed by atoms with Crippen LogP contribution in [0.2, 0.25) is 0 Å². The van der Waals surface area contributed by atoms with Crippen molar-refractivity contribution in [2.45, 2.75) is 30.0 Å². The summed E-state index contributed by atoms with van der Waals surface area (Å²) in [4.78, 5) is 13.5. The molecule has 0 aromatic rings. The summed E-state index contributed by atoms with van der Waals surface area (Å²) < 4.78 is -0.163. The molecule has 1 saturated carbocycles. The first-order valence-electron chi connectivity index (χ1n) is 4.21.